The lowest BCUT2D eigenvalue weighted by atomic mass is 9.96. The van der Waals surface area contributed by atoms with Crippen LogP contribution in [0.2, 0.25) is 0 Å². The largest absolute Gasteiger partial charge is 0.348 e. The van der Waals surface area contributed by atoms with Gasteiger partial charge in [0, 0.05) is 30.2 Å². The summed E-state index contributed by atoms with van der Waals surface area (Å²) in [6.45, 7) is 0.0604. The molecule has 0 radical (unpaired) electrons. The molecule has 0 unspecified atom stereocenters. The highest BCUT2D eigenvalue weighted by Gasteiger charge is 2.28. The van der Waals surface area contributed by atoms with Gasteiger partial charge in [-0.25, -0.2) is 13.1 Å². The third-order valence-electron chi connectivity index (χ3n) is 4.63. The fraction of sp³-hybridized carbons (Fsp3) is 0.444. The van der Waals surface area contributed by atoms with Crippen LogP contribution in [0.4, 0.5) is 0 Å². The average molecular weight is 394 g/mol. The number of hydrogen-bond acceptors (Lipinski definition) is 5. The molecule has 1 aliphatic carbocycles. The Kier molecular flexibility index (Phi) is 6.39. The minimum atomic E-state index is -3.63. The number of hydrogen-bond donors (Lipinski definition) is 2. The van der Waals surface area contributed by atoms with Crippen LogP contribution in [0.5, 0.6) is 0 Å². The maximum Gasteiger partial charge on any atom is 0.242 e. The summed E-state index contributed by atoms with van der Waals surface area (Å²) in [5.41, 5.74) is 0. The lowest BCUT2D eigenvalue weighted by Crippen LogP contribution is -2.35. The number of carbonyl (C=O) groups is 1. The van der Waals surface area contributed by atoms with Crippen molar-refractivity contribution in [3.8, 4) is 0 Å². The van der Waals surface area contributed by atoms with Crippen molar-refractivity contribution in [3.63, 3.8) is 0 Å². The van der Waals surface area contributed by atoms with E-state index in [4.69, 9.17) is 0 Å². The molecule has 0 bridgehead atoms. The normalized spacial score (nSPS) is 16.5. The average Bonchev–Trinajstić information content (AvgIpc) is 3.34. The first kappa shape index (κ1) is 19.0. The summed E-state index contributed by atoms with van der Waals surface area (Å²) in [4.78, 5) is 17.5. The van der Waals surface area contributed by atoms with Crippen molar-refractivity contribution in [2.45, 2.75) is 43.0 Å². The molecule has 6 nitrogen and oxygen atoms in total. The third-order valence-corrected chi connectivity index (χ3v) is 7.03. The summed E-state index contributed by atoms with van der Waals surface area (Å²) in [5, 5.41) is 5.13. The van der Waals surface area contributed by atoms with Crippen LogP contribution in [-0.4, -0.2) is 25.9 Å². The first-order chi connectivity index (χ1) is 12.6. The van der Waals surface area contributed by atoms with Crippen LogP contribution >= 0.6 is 11.3 Å². The van der Waals surface area contributed by atoms with Gasteiger partial charge in [0.1, 0.15) is 4.90 Å². The fourth-order valence-corrected chi connectivity index (χ4v) is 5.18. The van der Waals surface area contributed by atoms with E-state index in [9.17, 15) is 13.2 Å². The van der Waals surface area contributed by atoms with E-state index >= 15 is 0 Å². The smallest absolute Gasteiger partial charge is 0.242 e. The molecule has 8 heteroatoms. The molecule has 2 N–H and O–H groups in total. The van der Waals surface area contributed by atoms with Gasteiger partial charge in [0.25, 0.3) is 0 Å². The first-order valence-corrected chi connectivity index (χ1v) is 11.1. The number of nitrogens with zero attached hydrogens (tertiary/aromatic N) is 1. The quantitative estimate of drug-likeness (QED) is 0.722. The van der Waals surface area contributed by atoms with E-state index in [2.05, 4.69) is 21.1 Å². The maximum atomic E-state index is 12.4. The van der Waals surface area contributed by atoms with E-state index in [0.717, 1.165) is 12.8 Å². The third kappa shape index (κ3) is 4.90. The van der Waals surface area contributed by atoms with E-state index in [1.54, 1.807) is 17.4 Å². The molecule has 1 fully saturated rings. The molecule has 26 heavy (non-hydrogen) atoms. The number of carbonyl (C=O) groups excluding carboxylic acids is 1. The Hall–Kier alpha value is -1.77. The molecule has 0 aromatic carbocycles. The van der Waals surface area contributed by atoms with Crippen molar-refractivity contribution in [2.24, 2.45) is 5.92 Å². The zero-order chi connectivity index (χ0) is 18.4. The van der Waals surface area contributed by atoms with Gasteiger partial charge in [0.2, 0.25) is 15.9 Å². The zero-order valence-electron chi connectivity index (χ0n) is 14.4. The summed E-state index contributed by atoms with van der Waals surface area (Å²) in [6.07, 6.45) is 7.55. The van der Waals surface area contributed by atoms with Gasteiger partial charge < -0.3 is 5.32 Å². The van der Waals surface area contributed by atoms with E-state index in [1.165, 1.54) is 36.2 Å². The van der Waals surface area contributed by atoms with Gasteiger partial charge in [0.05, 0.1) is 6.04 Å². The number of aromatic nitrogens is 1. The molecule has 0 spiro atoms. The summed E-state index contributed by atoms with van der Waals surface area (Å²) < 4.78 is 26.8. The van der Waals surface area contributed by atoms with Gasteiger partial charge in [-0.1, -0.05) is 18.9 Å². The Morgan fingerprint density at radius 2 is 2.08 bits per heavy atom. The lowest BCUT2D eigenvalue weighted by molar-refractivity contribution is -0.122. The van der Waals surface area contributed by atoms with Gasteiger partial charge in [-0.15, -0.1) is 11.3 Å². The van der Waals surface area contributed by atoms with Crippen LogP contribution in [0.25, 0.3) is 0 Å². The molecule has 1 saturated carbocycles. The molecule has 140 valence electrons. The van der Waals surface area contributed by atoms with Crippen LogP contribution in [0.15, 0.2) is 46.9 Å². The Morgan fingerprint density at radius 3 is 2.73 bits per heavy atom. The molecular weight excluding hydrogens is 370 g/mol. The second kappa shape index (κ2) is 8.75. The topological polar surface area (TPSA) is 88.2 Å². The van der Waals surface area contributed by atoms with Crippen LogP contribution < -0.4 is 10.0 Å². The summed E-state index contributed by atoms with van der Waals surface area (Å²) >= 11 is 1.65. The minimum absolute atomic E-state index is 0.0277. The number of rotatable bonds is 8. The van der Waals surface area contributed by atoms with Gasteiger partial charge in [-0.05, 0) is 42.3 Å². The molecule has 1 amide bonds. The highest BCUT2D eigenvalue weighted by molar-refractivity contribution is 7.89. The number of sulfonamides is 1. The van der Waals surface area contributed by atoms with Crippen molar-refractivity contribution in [1.29, 1.82) is 0 Å². The number of amides is 1. The van der Waals surface area contributed by atoms with Gasteiger partial charge >= 0.3 is 0 Å². The number of thiophene rings is 1. The summed E-state index contributed by atoms with van der Waals surface area (Å²) in [5.74, 6) is 0.328. The molecule has 1 atom stereocenters. The van der Waals surface area contributed by atoms with E-state index in [-0.39, 0.29) is 29.8 Å². The highest BCUT2D eigenvalue weighted by atomic mass is 32.2. The molecule has 2 heterocycles. The molecule has 2 aromatic rings. The monoisotopic (exact) mass is 393 g/mol. The summed E-state index contributed by atoms with van der Waals surface area (Å²) in [6, 6.07) is 7.12. The van der Waals surface area contributed by atoms with E-state index in [0.29, 0.717) is 5.92 Å². The van der Waals surface area contributed by atoms with Crippen molar-refractivity contribution in [2.75, 3.05) is 6.54 Å². The van der Waals surface area contributed by atoms with Gasteiger partial charge in [-0.2, -0.15) is 0 Å². The second-order valence-corrected chi connectivity index (χ2v) is 9.19. The Labute approximate surface area is 158 Å². The predicted molar refractivity (Wildman–Crippen MR) is 101 cm³/mol. The molecular formula is C18H23N3O3S2. The lowest BCUT2D eigenvalue weighted by Gasteiger charge is -2.23. The number of pyridine rings is 1. The zero-order valence-corrected chi connectivity index (χ0v) is 16.1. The SMILES string of the molecule is O=C(CCNS(=O)(=O)c1cccnc1)N[C@@H](c1cccs1)C1CCCC1. The standard InChI is InChI=1S/C18H23N3O3S2/c22-17(9-11-20-26(23,24)15-7-3-10-19-13-15)21-18(14-5-1-2-6-14)16-8-4-12-25-16/h3-4,7-8,10,12-14,18,20H,1-2,5-6,9,11H2,(H,21,22)/t18-/m1/s1. The molecule has 0 saturated heterocycles. The predicted octanol–water partition coefficient (Wildman–Crippen LogP) is 2.86. The van der Waals surface area contributed by atoms with Crippen molar-refractivity contribution < 1.29 is 13.2 Å². The first-order valence-electron chi connectivity index (χ1n) is 8.79. The Balaban J connectivity index is 1.54. The van der Waals surface area contributed by atoms with Crippen LogP contribution in [0.1, 0.15) is 43.0 Å². The highest BCUT2D eigenvalue weighted by Crippen LogP contribution is 2.37. The minimum Gasteiger partial charge on any atom is -0.348 e. The van der Waals surface area contributed by atoms with E-state index < -0.39 is 10.0 Å². The Bertz CT molecular complexity index is 801. The summed E-state index contributed by atoms with van der Waals surface area (Å²) in [7, 11) is -3.63. The van der Waals surface area contributed by atoms with Crippen molar-refractivity contribution >= 4 is 27.3 Å². The second-order valence-electron chi connectivity index (χ2n) is 6.44. The van der Waals surface area contributed by atoms with Gasteiger partial charge in [-0.3, -0.25) is 9.78 Å². The molecule has 0 aliphatic heterocycles. The van der Waals surface area contributed by atoms with E-state index in [1.807, 2.05) is 11.4 Å². The fourth-order valence-electron chi connectivity index (χ4n) is 3.31. The van der Waals surface area contributed by atoms with Crippen LogP contribution in [0, 0.1) is 5.92 Å². The molecule has 2 aromatic heterocycles. The number of nitrogens with one attached hydrogen (secondary N) is 2. The van der Waals surface area contributed by atoms with Crippen molar-refractivity contribution in [1.82, 2.24) is 15.0 Å². The Morgan fingerprint density at radius 1 is 1.27 bits per heavy atom. The maximum absolute atomic E-state index is 12.4. The van der Waals surface area contributed by atoms with Crippen molar-refractivity contribution in [3.05, 3.63) is 46.9 Å². The van der Waals surface area contributed by atoms with Crippen LogP contribution in [-0.2, 0) is 14.8 Å². The molecule has 1 aliphatic rings. The van der Waals surface area contributed by atoms with Crippen LogP contribution in [0.3, 0.4) is 0 Å². The van der Waals surface area contributed by atoms with Gasteiger partial charge in [0.15, 0.2) is 0 Å². The molecule has 3 rings (SSSR count).